The molecule has 0 aliphatic heterocycles. The molecule has 0 amide bonds. The molecule has 0 atom stereocenters. The van der Waals surface area contributed by atoms with Gasteiger partial charge in [-0.1, -0.05) is 60.7 Å². The van der Waals surface area contributed by atoms with Crippen LogP contribution in [0.2, 0.25) is 0 Å². The SMILES string of the molecule is CCOc1cc(C(N)=S)ccc1OCCOc1ccccc1-c1ccccc1. The predicted molar refractivity (Wildman–Crippen MR) is 116 cm³/mol. The molecule has 0 aromatic heterocycles. The number of hydrogen-bond acceptors (Lipinski definition) is 4. The third-order valence-electron chi connectivity index (χ3n) is 4.10. The second-order valence-electron chi connectivity index (χ2n) is 6.02. The van der Waals surface area contributed by atoms with Gasteiger partial charge in [0.15, 0.2) is 11.5 Å². The number of ether oxygens (including phenoxy) is 3. The first-order valence-corrected chi connectivity index (χ1v) is 9.56. The lowest BCUT2D eigenvalue weighted by atomic mass is 10.1. The van der Waals surface area contributed by atoms with E-state index in [-0.39, 0.29) is 0 Å². The lowest BCUT2D eigenvalue weighted by molar-refractivity contribution is 0.209. The van der Waals surface area contributed by atoms with E-state index in [1.54, 1.807) is 6.07 Å². The second-order valence-corrected chi connectivity index (χ2v) is 6.46. The quantitative estimate of drug-likeness (QED) is 0.416. The van der Waals surface area contributed by atoms with Gasteiger partial charge in [0.1, 0.15) is 24.0 Å². The van der Waals surface area contributed by atoms with Crippen molar-refractivity contribution in [1.82, 2.24) is 0 Å². The minimum absolute atomic E-state index is 0.327. The maximum absolute atomic E-state index is 5.97. The minimum Gasteiger partial charge on any atom is -0.490 e. The van der Waals surface area contributed by atoms with E-state index in [1.807, 2.05) is 61.5 Å². The standard InChI is InChI=1S/C23H23NO3S/c1-2-25-22-16-18(23(24)28)12-13-21(22)27-15-14-26-20-11-7-6-10-19(20)17-8-4-3-5-9-17/h3-13,16H,2,14-15H2,1H3,(H2,24,28). The average molecular weight is 394 g/mol. The Morgan fingerprint density at radius 2 is 1.46 bits per heavy atom. The van der Waals surface area contributed by atoms with Crippen molar-refractivity contribution in [3.05, 3.63) is 78.4 Å². The fourth-order valence-corrected chi connectivity index (χ4v) is 2.93. The molecule has 2 N–H and O–H groups in total. The highest BCUT2D eigenvalue weighted by Gasteiger charge is 2.09. The summed E-state index contributed by atoms with van der Waals surface area (Å²) in [5, 5.41) is 0. The molecule has 0 radical (unpaired) electrons. The highest BCUT2D eigenvalue weighted by atomic mass is 32.1. The van der Waals surface area contributed by atoms with Crippen molar-refractivity contribution in [2.24, 2.45) is 5.73 Å². The van der Waals surface area contributed by atoms with Crippen molar-refractivity contribution in [1.29, 1.82) is 0 Å². The van der Waals surface area contributed by atoms with E-state index in [0.717, 1.165) is 22.4 Å². The number of rotatable bonds is 9. The molecule has 0 heterocycles. The molecule has 3 aromatic rings. The fourth-order valence-electron chi connectivity index (χ4n) is 2.80. The number of thiocarbonyl (C=S) groups is 1. The molecule has 0 spiro atoms. The van der Waals surface area contributed by atoms with Gasteiger partial charge in [-0.2, -0.15) is 0 Å². The molecule has 0 unspecified atom stereocenters. The van der Waals surface area contributed by atoms with Gasteiger partial charge in [-0.3, -0.25) is 0 Å². The third kappa shape index (κ3) is 5.02. The van der Waals surface area contributed by atoms with Crippen LogP contribution in [-0.4, -0.2) is 24.8 Å². The Kier molecular flexibility index (Phi) is 6.87. The van der Waals surface area contributed by atoms with Crippen LogP contribution in [0.1, 0.15) is 12.5 Å². The van der Waals surface area contributed by atoms with E-state index in [4.69, 9.17) is 32.2 Å². The average Bonchev–Trinajstić information content (AvgIpc) is 2.73. The number of nitrogens with two attached hydrogens (primary N) is 1. The van der Waals surface area contributed by atoms with E-state index in [1.165, 1.54) is 0 Å². The van der Waals surface area contributed by atoms with Crippen LogP contribution in [0.3, 0.4) is 0 Å². The molecule has 3 aromatic carbocycles. The Balaban J connectivity index is 1.63. The molecule has 0 bridgehead atoms. The van der Waals surface area contributed by atoms with Gasteiger partial charge in [0.25, 0.3) is 0 Å². The first-order chi connectivity index (χ1) is 13.7. The molecular formula is C23H23NO3S. The zero-order valence-corrected chi connectivity index (χ0v) is 16.6. The van der Waals surface area contributed by atoms with Crippen molar-refractivity contribution in [2.45, 2.75) is 6.92 Å². The van der Waals surface area contributed by atoms with E-state index < -0.39 is 0 Å². The Labute approximate surface area is 170 Å². The number of para-hydroxylation sites is 1. The van der Waals surface area contributed by atoms with Gasteiger partial charge in [0, 0.05) is 11.1 Å². The lowest BCUT2D eigenvalue weighted by Crippen LogP contribution is -2.12. The second kappa shape index (κ2) is 9.76. The lowest BCUT2D eigenvalue weighted by Gasteiger charge is -2.15. The summed E-state index contributed by atoms with van der Waals surface area (Å²) in [7, 11) is 0. The van der Waals surface area contributed by atoms with Gasteiger partial charge >= 0.3 is 0 Å². The van der Waals surface area contributed by atoms with Crippen molar-refractivity contribution >= 4 is 17.2 Å². The summed E-state index contributed by atoms with van der Waals surface area (Å²) in [6.45, 7) is 3.24. The van der Waals surface area contributed by atoms with E-state index in [0.29, 0.717) is 36.3 Å². The fraction of sp³-hybridized carbons (Fsp3) is 0.174. The highest BCUT2D eigenvalue weighted by molar-refractivity contribution is 7.80. The van der Waals surface area contributed by atoms with E-state index >= 15 is 0 Å². The van der Waals surface area contributed by atoms with Crippen LogP contribution in [-0.2, 0) is 0 Å². The maximum Gasteiger partial charge on any atom is 0.161 e. The first kappa shape index (κ1) is 19.7. The molecule has 0 saturated heterocycles. The molecule has 3 rings (SSSR count). The van der Waals surface area contributed by atoms with Crippen molar-refractivity contribution < 1.29 is 14.2 Å². The summed E-state index contributed by atoms with van der Waals surface area (Å²) in [6, 6.07) is 23.6. The minimum atomic E-state index is 0.327. The smallest absolute Gasteiger partial charge is 0.161 e. The highest BCUT2D eigenvalue weighted by Crippen LogP contribution is 2.30. The topological polar surface area (TPSA) is 53.7 Å². The summed E-state index contributed by atoms with van der Waals surface area (Å²) in [4.78, 5) is 0.327. The van der Waals surface area contributed by atoms with Gasteiger partial charge in [-0.05, 0) is 36.8 Å². The van der Waals surface area contributed by atoms with Crippen molar-refractivity contribution in [2.75, 3.05) is 19.8 Å². The van der Waals surface area contributed by atoms with Crippen LogP contribution < -0.4 is 19.9 Å². The Hall–Kier alpha value is -3.05. The van der Waals surface area contributed by atoms with Crippen LogP contribution in [0.5, 0.6) is 17.2 Å². The van der Waals surface area contributed by atoms with Crippen LogP contribution in [0.15, 0.2) is 72.8 Å². The molecule has 144 valence electrons. The van der Waals surface area contributed by atoms with Gasteiger partial charge in [-0.25, -0.2) is 0 Å². The van der Waals surface area contributed by atoms with Crippen LogP contribution in [0.4, 0.5) is 0 Å². The molecule has 0 fully saturated rings. The van der Waals surface area contributed by atoms with Crippen LogP contribution in [0.25, 0.3) is 11.1 Å². The van der Waals surface area contributed by atoms with Gasteiger partial charge in [0.2, 0.25) is 0 Å². The molecule has 0 aliphatic carbocycles. The third-order valence-corrected chi connectivity index (χ3v) is 4.33. The summed E-state index contributed by atoms with van der Waals surface area (Å²) < 4.78 is 17.5. The van der Waals surface area contributed by atoms with Crippen molar-refractivity contribution in [3.8, 4) is 28.4 Å². The number of hydrogen-bond donors (Lipinski definition) is 1. The largest absolute Gasteiger partial charge is 0.490 e. The maximum atomic E-state index is 5.97. The van der Waals surface area contributed by atoms with E-state index in [9.17, 15) is 0 Å². The van der Waals surface area contributed by atoms with Crippen LogP contribution in [0, 0.1) is 0 Å². The first-order valence-electron chi connectivity index (χ1n) is 9.15. The molecule has 0 aliphatic rings. The van der Waals surface area contributed by atoms with Gasteiger partial charge in [-0.15, -0.1) is 0 Å². The Bertz CT molecular complexity index is 928. The predicted octanol–water partition coefficient (Wildman–Crippen LogP) is 4.84. The monoisotopic (exact) mass is 393 g/mol. The van der Waals surface area contributed by atoms with Crippen LogP contribution >= 0.6 is 12.2 Å². The normalized spacial score (nSPS) is 10.3. The van der Waals surface area contributed by atoms with E-state index in [2.05, 4.69) is 12.1 Å². The summed E-state index contributed by atoms with van der Waals surface area (Å²) in [5.74, 6) is 2.09. The number of benzene rings is 3. The van der Waals surface area contributed by atoms with Crippen molar-refractivity contribution in [3.63, 3.8) is 0 Å². The van der Waals surface area contributed by atoms with Gasteiger partial charge < -0.3 is 19.9 Å². The summed E-state index contributed by atoms with van der Waals surface area (Å²) in [5.41, 5.74) is 8.61. The zero-order valence-electron chi connectivity index (χ0n) is 15.8. The summed E-state index contributed by atoms with van der Waals surface area (Å²) >= 11 is 5.02. The Morgan fingerprint density at radius 1 is 0.786 bits per heavy atom. The Morgan fingerprint density at radius 3 is 2.18 bits per heavy atom. The molecule has 4 nitrogen and oxygen atoms in total. The zero-order chi connectivity index (χ0) is 19.8. The molecular weight excluding hydrogens is 370 g/mol. The molecule has 0 saturated carbocycles. The molecule has 28 heavy (non-hydrogen) atoms. The molecule has 5 heteroatoms. The van der Waals surface area contributed by atoms with Gasteiger partial charge in [0.05, 0.1) is 6.61 Å². The summed E-state index contributed by atoms with van der Waals surface area (Å²) in [6.07, 6.45) is 0.